The maximum atomic E-state index is 11.3. The molecule has 13 heavy (non-hydrogen) atoms. The third kappa shape index (κ3) is 2.72. The fourth-order valence-electron chi connectivity index (χ4n) is 1.06. The summed E-state index contributed by atoms with van der Waals surface area (Å²) in [5, 5.41) is 8.63. The molecule has 0 bridgehead atoms. The van der Waals surface area contributed by atoms with Crippen molar-refractivity contribution in [3.05, 3.63) is 0 Å². The van der Waals surface area contributed by atoms with Gasteiger partial charge >= 0.3 is 11.9 Å². The first-order valence-electron chi connectivity index (χ1n) is 4.14. The van der Waals surface area contributed by atoms with Crippen molar-refractivity contribution in [2.24, 2.45) is 11.3 Å². The molecule has 0 aromatic heterocycles. The van der Waals surface area contributed by atoms with Crippen LogP contribution in [0.3, 0.4) is 0 Å². The molecule has 0 aromatic carbocycles. The largest absolute Gasteiger partial charge is 0.481 e. The highest BCUT2D eigenvalue weighted by atomic mass is 16.5. The third-order valence-electron chi connectivity index (χ3n) is 2.44. The Hall–Kier alpha value is -1.06. The summed E-state index contributed by atoms with van der Waals surface area (Å²) in [6.45, 7) is 5.22. The van der Waals surface area contributed by atoms with E-state index in [0.29, 0.717) is 0 Å². The van der Waals surface area contributed by atoms with Gasteiger partial charge in [-0.3, -0.25) is 9.59 Å². The van der Waals surface area contributed by atoms with Gasteiger partial charge in [-0.1, -0.05) is 13.8 Å². The maximum absolute atomic E-state index is 11.3. The molecule has 0 aromatic rings. The molecule has 76 valence electrons. The molecule has 0 radical (unpaired) electrons. The van der Waals surface area contributed by atoms with Crippen LogP contribution in [-0.4, -0.2) is 24.2 Å². The predicted octanol–water partition coefficient (Wildman–Crippen LogP) is 1.30. The minimum absolute atomic E-state index is 0.0592. The molecule has 0 saturated carbocycles. The van der Waals surface area contributed by atoms with Gasteiger partial charge in [0.1, 0.15) is 0 Å². The molecule has 0 aliphatic rings. The lowest BCUT2D eigenvalue weighted by Crippen LogP contribution is -2.36. The molecule has 4 nitrogen and oxygen atoms in total. The monoisotopic (exact) mass is 188 g/mol. The number of carboxylic acid groups (broad SMARTS) is 1. The zero-order valence-corrected chi connectivity index (χ0v) is 8.46. The summed E-state index contributed by atoms with van der Waals surface area (Å²) in [6.07, 6.45) is -0.197. The van der Waals surface area contributed by atoms with Gasteiger partial charge in [0.15, 0.2) is 0 Å². The van der Waals surface area contributed by atoms with Crippen LogP contribution < -0.4 is 0 Å². The van der Waals surface area contributed by atoms with Gasteiger partial charge in [0.2, 0.25) is 0 Å². The van der Waals surface area contributed by atoms with Gasteiger partial charge in [-0.05, 0) is 12.8 Å². The van der Waals surface area contributed by atoms with Crippen LogP contribution in [0.15, 0.2) is 0 Å². The van der Waals surface area contributed by atoms with E-state index in [1.54, 1.807) is 20.8 Å². The Bertz CT molecular complexity index is 210. The molecular weight excluding hydrogens is 172 g/mol. The number of carbonyl (C=O) groups excluding carboxylic acids is 1. The van der Waals surface area contributed by atoms with Crippen molar-refractivity contribution in [3.8, 4) is 0 Å². The lowest BCUT2D eigenvalue weighted by Gasteiger charge is -2.28. The molecule has 1 N–H and O–H groups in total. The Balaban J connectivity index is 4.72. The van der Waals surface area contributed by atoms with Crippen LogP contribution in [0.4, 0.5) is 0 Å². The van der Waals surface area contributed by atoms with Crippen LogP contribution in [0.1, 0.15) is 27.2 Å². The van der Waals surface area contributed by atoms with Crippen molar-refractivity contribution in [1.29, 1.82) is 0 Å². The van der Waals surface area contributed by atoms with Crippen molar-refractivity contribution in [2.45, 2.75) is 27.2 Å². The summed E-state index contributed by atoms with van der Waals surface area (Å²) in [4.78, 5) is 21.9. The molecule has 4 heteroatoms. The molecule has 0 amide bonds. The molecule has 0 aliphatic heterocycles. The minimum Gasteiger partial charge on any atom is -0.481 e. The molecule has 0 spiro atoms. The number of hydrogen-bond donors (Lipinski definition) is 1. The fourth-order valence-corrected chi connectivity index (χ4v) is 1.06. The molecule has 0 heterocycles. The highest BCUT2D eigenvalue weighted by Crippen LogP contribution is 2.32. The number of ether oxygens (including phenoxy) is 1. The Labute approximate surface area is 77.9 Å². The van der Waals surface area contributed by atoms with E-state index in [0.717, 1.165) is 0 Å². The highest BCUT2D eigenvalue weighted by molar-refractivity contribution is 5.82. The number of carbonyl (C=O) groups is 2. The molecule has 0 fully saturated rings. The van der Waals surface area contributed by atoms with Crippen LogP contribution in [0.25, 0.3) is 0 Å². The SMILES string of the molecule is COC(=O)C(C)(CC(=O)O)C(C)C. The quantitative estimate of drug-likeness (QED) is 0.675. The van der Waals surface area contributed by atoms with E-state index in [2.05, 4.69) is 4.74 Å². The van der Waals surface area contributed by atoms with E-state index in [1.807, 2.05) is 0 Å². The Morgan fingerprint density at radius 1 is 1.46 bits per heavy atom. The summed E-state index contributed by atoms with van der Waals surface area (Å²) in [6, 6.07) is 0. The van der Waals surface area contributed by atoms with Crippen molar-refractivity contribution < 1.29 is 19.4 Å². The summed E-state index contributed by atoms with van der Waals surface area (Å²) < 4.78 is 4.58. The fraction of sp³-hybridized carbons (Fsp3) is 0.778. The molecule has 0 rings (SSSR count). The Kier molecular flexibility index (Phi) is 3.91. The number of carboxylic acids is 1. The van der Waals surface area contributed by atoms with Crippen LogP contribution in [0.5, 0.6) is 0 Å². The predicted molar refractivity (Wildman–Crippen MR) is 47.2 cm³/mol. The topological polar surface area (TPSA) is 63.6 Å². The summed E-state index contributed by atoms with van der Waals surface area (Å²) in [5.41, 5.74) is -0.930. The Morgan fingerprint density at radius 2 is 1.92 bits per heavy atom. The van der Waals surface area contributed by atoms with Crippen LogP contribution in [0.2, 0.25) is 0 Å². The van der Waals surface area contributed by atoms with E-state index in [4.69, 9.17) is 5.11 Å². The zero-order valence-electron chi connectivity index (χ0n) is 8.46. The smallest absolute Gasteiger partial charge is 0.312 e. The number of esters is 1. The average molecular weight is 188 g/mol. The number of methoxy groups -OCH3 is 1. The normalized spacial score (nSPS) is 15.2. The van der Waals surface area contributed by atoms with Crippen LogP contribution in [-0.2, 0) is 14.3 Å². The maximum Gasteiger partial charge on any atom is 0.312 e. The third-order valence-corrected chi connectivity index (χ3v) is 2.44. The standard InChI is InChI=1S/C9H16O4/c1-6(2)9(3,5-7(10)11)8(12)13-4/h6H,5H2,1-4H3,(H,10,11). The van der Waals surface area contributed by atoms with Crippen LogP contribution in [0, 0.1) is 11.3 Å². The van der Waals surface area contributed by atoms with E-state index in [9.17, 15) is 9.59 Å². The molecule has 1 unspecified atom stereocenters. The first-order valence-corrected chi connectivity index (χ1v) is 4.14. The van der Waals surface area contributed by atoms with Crippen LogP contribution >= 0.6 is 0 Å². The summed E-state index contributed by atoms with van der Waals surface area (Å²) in [7, 11) is 1.27. The molecule has 1 atom stereocenters. The van der Waals surface area contributed by atoms with E-state index in [-0.39, 0.29) is 12.3 Å². The second-order valence-electron chi connectivity index (χ2n) is 3.63. The van der Waals surface area contributed by atoms with Crippen molar-refractivity contribution in [1.82, 2.24) is 0 Å². The lowest BCUT2D eigenvalue weighted by atomic mass is 9.76. The van der Waals surface area contributed by atoms with Gasteiger partial charge in [0.25, 0.3) is 0 Å². The number of rotatable bonds is 4. The molecular formula is C9H16O4. The molecule has 0 saturated heterocycles. The van der Waals surface area contributed by atoms with E-state index >= 15 is 0 Å². The van der Waals surface area contributed by atoms with Gasteiger partial charge in [0.05, 0.1) is 18.9 Å². The zero-order chi connectivity index (χ0) is 10.6. The summed E-state index contributed by atoms with van der Waals surface area (Å²) in [5.74, 6) is -1.51. The van der Waals surface area contributed by atoms with Gasteiger partial charge < -0.3 is 9.84 Å². The highest BCUT2D eigenvalue weighted by Gasteiger charge is 2.39. The number of hydrogen-bond acceptors (Lipinski definition) is 3. The second kappa shape index (κ2) is 4.25. The average Bonchev–Trinajstić information content (AvgIpc) is 2.01. The minimum atomic E-state index is -0.985. The molecule has 0 aliphatic carbocycles. The van der Waals surface area contributed by atoms with Gasteiger partial charge in [-0.2, -0.15) is 0 Å². The lowest BCUT2D eigenvalue weighted by molar-refractivity contribution is -0.160. The van der Waals surface area contributed by atoms with Crippen molar-refractivity contribution in [2.75, 3.05) is 7.11 Å². The first-order chi connectivity index (χ1) is 5.84. The van der Waals surface area contributed by atoms with Crippen molar-refractivity contribution in [3.63, 3.8) is 0 Å². The Morgan fingerprint density at radius 3 is 2.15 bits per heavy atom. The van der Waals surface area contributed by atoms with Crippen molar-refractivity contribution >= 4 is 11.9 Å². The van der Waals surface area contributed by atoms with Gasteiger partial charge in [-0.25, -0.2) is 0 Å². The van der Waals surface area contributed by atoms with E-state index in [1.165, 1.54) is 7.11 Å². The van der Waals surface area contributed by atoms with Gasteiger partial charge in [-0.15, -0.1) is 0 Å². The first kappa shape index (κ1) is 11.9. The van der Waals surface area contributed by atoms with Gasteiger partial charge in [0, 0.05) is 0 Å². The number of aliphatic carboxylic acids is 1. The summed E-state index contributed by atoms with van der Waals surface area (Å²) >= 11 is 0. The second-order valence-corrected chi connectivity index (χ2v) is 3.63. The van der Waals surface area contributed by atoms with E-state index < -0.39 is 17.4 Å².